The van der Waals surface area contributed by atoms with E-state index < -0.39 is 17.2 Å². The summed E-state index contributed by atoms with van der Waals surface area (Å²) in [5, 5.41) is 11.0. The van der Waals surface area contributed by atoms with Crippen LogP contribution in [-0.4, -0.2) is 31.8 Å². The van der Waals surface area contributed by atoms with Crippen LogP contribution in [0.5, 0.6) is 0 Å². The number of nitrogens with one attached hydrogen (secondary N) is 1. The number of hydrogen-bond acceptors (Lipinski definition) is 4. The van der Waals surface area contributed by atoms with Gasteiger partial charge in [-0.05, 0) is 52.9 Å². The Kier molecular flexibility index (Phi) is 4.93. The third kappa shape index (κ3) is 3.72. The lowest BCUT2D eigenvalue weighted by Crippen LogP contribution is -2.27. The van der Waals surface area contributed by atoms with E-state index in [0.29, 0.717) is 34.1 Å². The van der Waals surface area contributed by atoms with Crippen LogP contribution in [0.15, 0.2) is 11.0 Å². The van der Waals surface area contributed by atoms with Gasteiger partial charge in [-0.3, -0.25) is 4.79 Å². The molecule has 6 nitrogen and oxygen atoms in total. The van der Waals surface area contributed by atoms with Gasteiger partial charge >= 0.3 is 5.97 Å². The molecular weight excluding hydrogens is 356 g/mol. The lowest BCUT2D eigenvalue weighted by Gasteiger charge is -2.23. The molecule has 0 amide bonds. The Balaban J connectivity index is 2.19. The number of fused-ring (bicyclic) bond motifs is 1. The van der Waals surface area contributed by atoms with E-state index in [9.17, 15) is 14.7 Å². The van der Waals surface area contributed by atoms with Crippen LogP contribution in [0.2, 0.25) is 0 Å². The Morgan fingerprint density at radius 3 is 2.61 bits per heavy atom. The summed E-state index contributed by atoms with van der Waals surface area (Å²) in [6.45, 7) is 9.09. The molecule has 0 aromatic carbocycles. The van der Waals surface area contributed by atoms with E-state index in [-0.39, 0.29) is 11.5 Å². The Hall–Kier alpha value is -2.52. The number of ether oxygens (including phenoxy) is 1. The van der Waals surface area contributed by atoms with Crippen molar-refractivity contribution in [2.75, 3.05) is 0 Å². The van der Waals surface area contributed by atoms with Gasteiger partial charge in [0.1, 0.15) is 16.7 Å². The molecule has 1 fully saturated rings. The molecule has 2 aromatic rings. The van der Waals surface area contributed by atoms with Crippen LogP contribution in [0.3, 0.4) is 0 Å². The molecule has 0 radical (unpaired) electrons. The second kappa shape index (κ2) is 6.82. The van der Waals surface area contributed by atoms with Gasteiger partial charge in [-0.15, -0.1) is 0 Å². The van der Waals surface area contributed by atoms with Gasteiger partial charge in [0.15, 0.2) is 0 Å². The predicted octanol–water partition coefficient (Wildman–Crippen LogP) is 3.03. The Morgan fingerprint density at radius 2 is 2.04 bits per heavy atom. The van der Waals surface area contributed by atoms with E-state index in [0.717, 1.165) is 12.8 Å². The third-order valence-electron chi connectivity index (χ3n) is 5.56. The maximum absolute atomic E-state index is 12.9. The number of pyridine rings is 1. The molecule has 2 N–H and O–H groups in total. The molecule has 2 aromatic heterocycles. The zero-order valence-electron chi connectivity index (χ0n) is 17.4. The van der Waals surface area contributed by atoms with Crippen molar-refractivity contribution in [1.82, 2.24) is 9.55 Å². The number of aryl methyl sites for hydroxylation is 2. The number of aliphatic hydroxyl groups is 1. The summed E-state index contributed by atoms with van der Waals surface area (Å²) in [5.41, 5.74) is -0.225. The summed E-state index contributed by atoms with van der Waals surface area (Å²) in [6, 6.07) is 0. The highest BCUT2D eigenvalue weighted by Crippen LogP contribution is 2.39. The minimum Gasteiger partial charge on any atom is -0.456 e. The molecule has 2 heterocycles. The first kappa shape index (κ1) is 20.2. The van der Waals surface area contributed by atoms with Crippen molar-refractivity contribution in [3.63, 3.8) is 0 Å². The molecule has 28 heavy (non-hydrogen) atoms. The Morgan fingerprint density at radius 1 is 1.39 bits per heavy atom. The molecule has 0 aliphatic heterocycles. The molecule has 3 rings (SSSR count). The monoisotopic (exact) mass is 384 g/mol. The van der Waals surface area contributed by atoms with E-state index in [2.05, 4.69) is 16.8 Å². The van der Waals surface area contributed by atoms with E-state index in [1.54, 1.807) is 27.1 Å². The topological polar surface area (TPSA) is 84.3 Å². The first-order valence-electron chi connectivity index (χ1n) is 9.67. The highest BCUT2D eigenvalue weighted by molar-refractivity contribution is 6.07. The van der Waals surface area contributed by atoms with Crippen molar-refractivity contribution < 1.29 is 14.6 Å². The Labute approximate surface area is 164 Å². The molecule has 0 saturated heterocycles. The molecule has 150 valence electrons. The van der Waals surface area contributed by atoms with Gasteiger partial charge in [-0.2, -0.15) is 0 Å². The summed E-state index contributed by atoms with van der Waals surface area (Å²) in [4.78, 5) is 28.6. The lowest BCUT2D eigenvalue weighted by atomic mass is 10.00. The fraction of sp³-hybridized carbons (Fsp3) is 0.545. The Bertz CT molecular complexity index is 1060. The maximum atomic E-state index is 12.9. The van der Waals surface area contributed by atoms with Crippen LogP contribution in [0, 0.1) is 24.7 Å². The minimum atomic E-state index is -1.09. The van der Waals surface area contributed by atoms with Crippen LogP contribution in [0.1, 0.15) is 68.6 Å². The van der Waals surface area contributed by atoms with E-state index in [1.807, 2.05) is 20.8 Å². The van der Waals surface area contributed by atoms with Gasteiger partial charge in [0.05, 0.1) is 11.1 Å². The number of aromatic amines is 1. The van der Waals surface area contributed by atoms with Crippen molar-refractivity contribution in [2.24, 2.45) is 13.0 Å². The number of H-pyrrole nitrogens is 1. The van der Waals surface area contributed by atoms with Crippen molar-refractivity contribution in [3.05, 3.63) is 33.4 Å². The van der Waals surface area contributed by atoms with Crippen LogP contribution in [0.25, 0.3) is 10.9 Å². The molecule has 0 spiro atoms. The summed E-state index contributed by atoms with van der Waals surface area (Å²) < 4.78 is 7.10. The third-order valence-corrected chi connectivity index (χ3v) is 5.56. The van der Waals surface area contributed by atoms with Gasteiger partial charge in [-0.1, -0.05) is 18.8 Å². The van der Waals surface area contributed by atoms with Crippen LogP contribution < -0.4 is 5.56 Å². The van der Waals surface area contributed by atoms with E-state index in [1.165, 1.54) is 4.57 Å². The number of nitrogens with zero attached hydrogens (tertiary/aromatic N) is 1. The second-order valence-electron chi connectivity index (χ2n) is 8.51. The molecule has 6 heteroatoms. The van der Waals surface area contributed by atoms with E-state index >= 15 is 0 Å². The second-order valence-corrected chi connectivity index (χ2v) is 8.51. The summed E-state index contributed by atoms with van der Waals surface area (Å²) >= 11 is 0. The zero-order chi connectivity index (χ0) is 20.9. The normalized spacial score (nSPS) is 16.4. The van der Waals surface area contributed by atoms with Gasteiger partial charge in [0, 0.05) is 24.3 Å². The van der Waals surface area contributed by atoms with Crippen LogP contribution in [-0.2, 0) is 11.8 Å². The number of aromatic nitrogens is 2. The molecule has 1 atom stereocenters. The molecule has 1 unspecified atom stereocenters. The maximum Gasteiger partial charge on any atom is 0.341 e. The number of carbonyl (C=O) groups excluding carboxylic acids is 1. The van der Waals surface area contributed by atoms with Gasteiger partial charge in [-0.25, -0.2) is 4.79 Å². The number of carbonyl (C=O) groups is 1. The highest BCUT2D eigenvalue weighted by Gasteiger charge is 2.38. The first-order chi connectivity index (χ1) is 13.0. The first-order valence-corrected chi connectivity index (χ1v) is 9.67. The summed E-state index contributed by atoms with van der Waals surface area (Å²) in [5.74, 6) is 5.64. The van der Waals surface area contributed by atoms with E-state index in [4.69, 9.17) is 4.74 Å². The average Bonchev–Trinajstić information content (AvgIpc) is 3.40. The van der Waals surface area contributed by atoms with Crippen molar-refractivity contribution >= 4 is 16.9 Å². The quantitative estimate of drug-likeness (QED) is 0.627. The number of esters is 1. The average molecular weight is 384 g/mol. The van der Waals surface area contributed by atoms with Gasteiger partial charge in [0.2, 0.25) is 0 Å². The molecule has 1 aliphatic rings. The van der Waals surface area contributed by atoms with Gasteiger partial charge in [0.25, 0.3) is 5.56 Å². The fourth-order valence-corrected chi connectivity index (χ4v) is 3.21. The van der Waals surface area contributed by atoms with Crippen LogP contribution >= 0.6 is 0 Å². The predicted molar refractivity (Wildman–Crippen MR) is 108 cm³/mol. The summed E-state index contributed by atoms with van der Waals surface area (Å²) in [7, 11) is 1.64. The lowest BCUT2D eigenvalue weighted by molar-refractivity contribution is -0.00228. The minimum absolute atomic E-state index is 0.172. The van der Waals surface area contributed by atoms with Gasteiger partial charge < -0.3 is 19.4 Å². The molecule has 1 saturated carbocycles. The number of rotatable bonds is 4. The molecule has 0 bridgehead atoms. The highest BCUT2D eigenvalue weighted by atomic mass is 16.6. The van der Waals surface area contributed by atoms with Crippen molar-refractivity contribution in [1.29, 1.82) is 0 Å². The van der Waals surface area contributed by atoms with Crippen molar-refractivity contribution in [3.8, 4) is 11.8 Å². The van der Waals surface area contributed by atoms with Crippen molar-refractivity contribution in [2.45, 2.75) is 65.1 Å². The fourth-order valence-electron chi connectivity index (χ4n) is 3.21. The standard InChI is InChI=1S/C22H28N2O4/c1-7-21(3,4)28-20(26)16-13(2)23-18-17(16)14(12-24(6)19(18)25)10-11-22(5,27)15-8-9-15/h12,15,23,27H,7-9H2,1-6H3. The zero-order valence-corrected chi connectivity index (χ0v) is 17.4. The number of hydrogen-bond donors (Lipinski definition) is 2. The largest absolute Gasteiger partial charge is 0.456 e. The SMILES string of the molecule is CCC(C)(C)OC(=O)c1c(C)[nH]c2c(=O)n(C)cc(C#CC(C)(O)C3CC3)c12. The molecule has 1 aliphatic carbocycles. The van der Waals surface area contributed by atoms with Crippen LogP contribution in [0.4, 0.5) is 0 Å². The molecular formula is C22H28N2O4. The smallest absolute Gasteiger partial charge is 0.341 e. The summed E-state index contributed by atoms with van der Waals surface area (Å²) in [6.07, 6.45) is 4.18.